The summed E-state index contributed by atoms with van der Waals surface area (Å²) in [6.45, 7) is 1.69. The summed E-state index contributed by atoms with van der Waals surface area (Å²) >= 11 is 0. The number of nitrogens with one attached hydrogen (secondary N) is 2. The molecule has 1 rings (SSSR count). The van der Waals surface area contributed by atoms with Gasteiger partial charge >= 0.3 is 0 Å². The Morgan fingerprint density at radius 1 is 1.42 bits per heavy atom. The van der Waals surface area contributed by atoms with Crippen LogP contribution in [0.1, 0.15) is 13.3 Å². The summed E-state index contributed by atoms with van der Waals surface area (Å²) in [6.07, 6.45) is 0.297. The van der Waals surface area contributed by atoms with Gasteiger partial charge in [-0.2, -0.15) is 15.6 Å². The van der Waals surface area contributed by atoms with E-state index in [4.69, 9.17) is 10.5 Å². The summed E-state index contributed by atoms with van der Waals surface area (Å²) < 4.78 is 13.4. The summed E-state index contributed by atoms with van der Waals surface area (Å²) in [5.41, 5.74) is 2.18. The number of nitrogens with zero attached hydrogens (tertiary/aromatic N) is 3. The van der Waals surface area contributed by atoms with Gasteiger partial charge in [-0.3, -0.25) is 10.2 Å². The second-order valence-corrected chi connectivity index (χ2v) is 3.39. The lowest BCUT2D eigenvalue weighted by Crippen LogP contribution is -2.09. The minimum atomic E-state index is -0.617. The van der Waals surface area contributed by atoms with E-state index < -0.39 is 11.5 Å². The molecule has 0 aliphatic rings. The zero-order valence-electron chi connectivity index (χ0n) is 10.1. The monoisotopic (exact) mass is 259 g/mol. The largest absolute Gasteiger partial charge is 0.326 e. The molecule has 0 saturated heterocycles. The molecule has 19 heavy (non-hydrogen) atoms. The van der Waals surface area contributed by atoms with E-state index in [1.54, 1.807) is 6.92 Å². The minimum Gasteiger partial charge on any atom is -0.326 e. The molecule has 0 unspecified atom stereocenters. The summed E-state index contributed by atoms with van der Waals surface area (Å²) in [7, 11) is 0. The predicted molar refractivity (Wildman–Crippen MR) is 67.6 cm³/mol. The normalized spacial score (nSPS) is 8.84. The molecule has 0 spiro atoms. The fourth-order valence-corrected chi connectivity index (χ4v) is 1.13. The molecule has 1 aromatic rings. The van der Waals surface area contributed by atoms with Crippen LogP contribution in [0.3, 0.4) is 0 Å². The second kappa shape index (κ2) is 6.72. The molecule has 0 aliphatic heterocycles. The Morgan fingerprint density at radius 2 is 2.11 bits per heavy atom. The van der Waals surface area contributed by atoms with Crippen molar-refractivity contribution >= 4 is 23.0 Å². The molecule has 0 heterocycles. The first-order chi connectivity index (χ1) is 9.10. The third-order valence-electron chi connectivity index (χ3n) is 2.07. The highest BCUT2D eigenvalue weighted by Crippen LogP contribution is 2.19. The highest BCUT2D eigenvalue weighted by atomic mass is 19.1. The van der Waals surface area contributed by atoms with Gasteiger partial charge in [0.1, 0.15) is 18.0 Å². The predicted octanol–water partition coefficient (Wildman–Crippen LogP) is 1.99. The van der Waals surface area contributed by atoms with E-state index in [1.165, 1.54) is 24.3 Å². The van der Waals surface area contributed by atoms with Crippen molar-refractivity contribution in [2.45, 2.75) is 13.3 Å². The molecular weight excluding hydrogens is 249 g/mol. The molecule has 0 atom stereocenters. The molecule has 0 aromatic heterocycles. The molecule has 7 heteroatoms. The molecule has 1 aromatic carbocycles. The number of rotatable bonds is 4. The molecule has 96 valence electrons. The molecular formula is C12H10FN5O. The van der Waals surface area contributed by atoms with Crippen molar-refractivity contribution in [3.8, 4) is 12.1 Å². The Morgan fingerprint density at radius 3 is 2.68 bits per heavy atom. The Bertz CT molecular complexity index is 581. The summed E-state index contributed by atoms with van der Waals surface area (Å²) in [4.78, 5) is 11.2. The van der Waals surface area contributed by atoms with E-state index in [-0.39, 0.29) is 11.6 Å². The lowest BCUT2D eigenvalue weighted by Gasteiger charge is -2.07. The van der Waals surface area contributed by atoms with Crippen LogP contribution in [0.25, 0.3) is 0 Å². The van der Waals surface area contributed by atoms with Crippen molar-refractivity contribution in [1.29, 1.82) is 10.5 Å². The van der Waals surface area contributed by atoms with Crippen LogP contribution in [0.2, 0.25) is 0 Å². The molecule has 0 radical (unpaired) electrons. The molecule has 2 N–H and O–H groups in total. The number of nitriles is 2. The Kier molecular flexibility index (Phi) is 5.00. The van der Waals surface area contributed by atoms with Gasteiger partial charge in [-0.1, -0.05) is 6.92 Å². The number of hydrogen-bond acceptors (Lipinski definition) is 5. The SMILES string of the molecule is CCC(=O)Nc1ccc(F)c(NN=C(C#N)C#N)c1. The van der Waals surface area contributed by atoms with Crippen LogP contribution in [0.15, 0.2) is 23.3 Å². The van der Waals surface area contributed by atoms with Gasteiger partial charge < -0.3 is 5.32 Å². The van der Waals surface area contributed by atoms with Crippen molar-refractivity contribution < 1.29 is 9.18 Å². The fourth-order valence-electron chi connectivity index (χ4n) is 1.13. The van der Waals surface area contributed by atoms with E-state index in [0.29, 0.717) is 12.1 Å². The summed E-state index contributed by atoms with van der Waals surface area (Å²) in [6, 6.07) is 6.92. The van der Waals surface area contributed by atoms with Crippen LogP contribution in [-0.4, -0.2) is 11.6 Å². The van der Waals surface area contributed by atoms with Crippen molar-refractivity contribution in [2.75, 3.05) is 10.7 Å². The van der Waals surface area contributed by atoms with E-state index in [2.05, 4.69) is 15.8 Å². The van der Waals surface area contributed by atoms with Gasteiger partial charge in [0.15, 0.2) is 0 Å². The minimum absolute atomic E-state index is 0.0445. The fraction of sp³-hybridized carbons (Fsp3) is 0.167. The van der Waals surface area contributed by atoms with Crippen LogP contribution < -0.4 is 10.7 Å². The maximum Gasteiger partial charge on any atom is 0.237 e. The van der Waals surface area contributed by atoms with E-state index in [1.807, 2.05) is 0 Å². The van der Waals surface area contributed by atoms with Crippen molar-refractivity contribution in [2.24, 2.45) is 5.10 Å². The lowest BCUT2D eigenvalue weighted by atomic mass is 10.2. The third-order valence-corrected chi connectivity index (χ3v) is 2.07. The van der Waals surface area contributed by atoms with Gasteiger partial charge in [-0.25, -0.2) is 4.39 Å². The van der Waals surface area contributed by atoms with Gasteiger partial charge in [0.05, 0.1) is 5.69 Å². The van der Waals surface area contributed by atoms with Gasteiger partial charge in [0.2, 0.25) is 11.6 Å². The first kappa shape index (κ1) is 14.1. The van der Waals surface area contributed by atoms with Crippen LogP contribution in [-0.2, 0) is 4.79 Å². The highest BCUT2D eigenvalue weighted by Gasteiger charge is 2.05. The summed E-state index contributed by atoms with van der Waals surface area (Å²) in [5.74, 6) is -0.829. The molecule has 0 fully saturated rings. The van der Waals surface area contributed by atoms with Crippen LogP contribution in [0, 0.1) is 28.5 Å². The van der Waals surface area contributed by atoms with Crippen LogP contribution in [0.5, 0.6) is 0 Å². The molecule has 0 bridgehead atoms. The number of halogens is 1. The smallest absolute Gasteiger partial charge is 0.237 e. The first-order valence-electron chi connectivity index (χ1n) is 5.34. The summed E-state index contributed by atoms with van der Waals surface area (Å²) in [5, 5.41) is 22.9. The number of amides is 1. The molecule has 1 amide bonds. The number of carbonyl (C=O) groups is 1. The van der Waals surface area contributed by atoms with Crippen LogP contribution >= 0.6 is 0 Å². The third kappa shape index (κ3) is 4.10. The van der Waals surface area contributed by atoms with E-state index >= 15 is 0 Å². The molecule has 0 aliphatic carbocycles. The maximum absolute atomic E-state index is 13.4. The lowest BCUT2D eigenvalue weighted by molar-refractivity contribution is -0.115. The van der Waals surface area contributed by atoms with E-state index in [0.717, 1.165) is 6.07 Å². The van der Waals surface area contributed by atoms with Gasteiger partial charge in [-0.15, -0.1) is 0 Å². The number of hydrogen-bond donors (Lipinski definition) is 2. The quantitative estimate of drug-likeness (QED) is 0.637. The van der Waals surface area contributed by atoms with Crippen molar-refractivity contribution in [3.05, 3.63) is 24.0 Å². The average Bonchev–Trinajstić information content (AvgIpc) is 2.43. The number of carbonyl (C=O) groups excluding carboxylic acids is 1. The Labute approximate surface area is 109 Å². The first-order valence-corrected chi connectivity index (χ1v) is 5.34. The topological polar surface area (TPSA) is 101 Å². The second-order valence-electron chi connectivity index (χ2n) is 3.39. The number of hydrazone groups is 1. The van der Waals surface area contributed by atoms with Gasteiger partial charge in [0.25, 0.3) is 0 Å². The number of benzene rings is 1. The van der Waals surface area contributed by atoms with Crippen LogP contribution in [0.4, 0.5) is 15.8 Å². The Balaban J connectivity index is 2.93. The molecule has 6 nitrogen and oxygen atoms in total. The zero-order chi connectivity index (χ0) is 14.3. The average molecular weight is 259 g/mol. The van der Waals surface area contributed by atoms with Crippen molar-refractivity contribution in [1.82, 2.24) is 0 Å². The Hall–Kier alpha value is -2.93. The molecule has 0 saturated carbocycles. The van der Waals surface area contributed by atoms with Gasteiger partial charge in [-0.05, 0) is 18.2 Å². The van der Waals surface area contributed by atoms with E-state index in [9.17, 15) is 9.18 Å². The maximum atomic E-state index is 13.4. The zero-order valence-corrected chi connectivity index (χ0v) is 10.1. The van der Waals surface area contributed by atoms with Gasteiger partial charge in [0, 0.05) is 12.1 Å². The standard InChI is InChI=1S/C12H10FN5O/c1-2-12(19)16-8-3-4-10(13)11(5-8)18-17-9(6-14)7-15/h3-5,18H,2H2,1H3,(H,16,19). The highest BCUT2D eigenvalue weighted by molar-refractivity contribution is 6.10. The van der Waals surface area contributed by atoms with Crippen molar-refractivity contribution in [3.63, 3.8) is 0 Å². The number of anilines is 2.